The number of halogens is 1. The Balaban J connectivity index is 0.966. The van der Waals surface area contributed by atoms with Crippen molar-refractivity contribution in [2.75, 3.05) is 55.4 Å². The van der Waals surface area contributed by atoms with Crippen LogP contribution in [0.4, 0.5) is 26.5 Å². The number of cyclic esters (lactones) is 1. The van der Waals surface area contributed by atoms with E-state index in [1.54, 1.807) is 0 Å². The fraction of sp³-hybridized carbons (Fsp3) is 0.519. The average molecular weight is 554 g/mol. The average Bonchev–Trinajstić information content (AvgIpc) is 3.64. The largest absolute Gasteiger partial charge is 0.465 e. The van der Waals surface area contributed by atoms with E-state index >= 15 is 0 Å². The summed E-state index contributed by atoms with van der Waals surface area (Å²) in [4.78, 5) is 48.4. The quantitative estimate of drug-likeness (QED) is 0.417. The molecule has 40 heavy (non-hydrogen) atoms. The molecule has 212 valence electrons. The second kappa shape index (κ2) is 11.0. The molecule has 2 aromatic rings. The molecule has 0 saturated carbocycles. The molecule has 3 atom stereocenters. The molecular formula is C27H32FN7O5. The van der Waals surface area contributed by atoms with Gasteiger partial charge in [-0.3, -0.25) is 19.4 Å². The molecule has 0 radical (unpaired) electrons. The van der Waals surface area contributed by atoms with Crippen molar-refractivity contribution < 1.29 is 28.2 Å². The lowest BCUT2D eigenvalue weighted by Gasteiger charge is -2.19. The van der Waals surface area contributed by atoms with Crippen LogP contribution in [0.3, 0.4) is 0 Å². The van der Waals surface area contributed by atoms with Crippen molar-refractivity contribution in [2.24, 2.45) is 5.92 Å². The van der Waals surface area contributed by atoms with Gasteiger partial charge in [0.1, 0.15) is 11.9 Å². The van der Waals surface area contributed by atoms with E-state index < -0.39 is 6.09 Å². The number of anilines is 3. The molecule has 6 rings (SSSR count). The summed E-state index contributed by atoms with van der Waals surface area (Å²) in [5.41, 5.74) is 2.17. The van der Waals surface area contributed by atoms with Crippen LogP contribution in [0.15, 0.2) is 18.3 Å². The third-order valence-corrected chi connectivity index (χ3v) is 7.93. The number of benzene rings is 1. The summed E-state index contributed by atoms with van der Waals surface area (Å²) in [7, 11) is 1.94. The number of carbonyl (C=O) groups excluding carboxylic acids is 3. The lowest BCUT2D eigenvalue weighted by molar-refractivity contribution is -0.120. The number of hydrogen-bond acceptors (Lipinski definition) is 9. The second-order valence-electron chi connectivity index (χ2n) is 10.8. The maximum Gasteiger partial charge on any atom is 0.415 e. The third kappa shape index (κ3) is 5.43. The highest BCUT2D eigenvalue weighted by Gasteiger charge is 2.34. The van der Waals surface area contributed by atoms with E-state index in [1.807, 2.05) is 18.0 Å². The van der Waals surface area contributed by atoms with Crippen molar-refractivity contribution in [2.45, 2.75) is 44.2 Å². The summed E-state index contributed by atoms with van der Waals surface area (Å²) < 4.78 is 25.6. The Morgan fingerprint density at radius 3 is 2.98 bits per heavy atom. The molecule has 2 unspecified atom stereocenters. The molecule has 0 spiro atoms. The molecule has 1 aliphatic carbocycles. The second-order valence-corrected chi connectivity index (χ2v) is 10.8. The van der Waals surface area contributed by atoms with E-state index in [0.717, 1.165) is 36.9 Å². The SMILES string of the molecule is CN1CCC[C@@H]1C(=O)Nc1cc(F)c2c(c1)CC(CNCCC1CN(c3cnc4c(n3)NC(=O)CO4)C(=O)O1)C2. The Labute approximate surface area is 230 Å². The molecule has 2 saturated heterocycles. The normalized spacial score (nSPS) is 23.9. The highest BCUT2D eigenvalue weighted by molar-refractivity contribution is 5.95. The molecular weight excluding hydrogens is 521 g/mol. The molecule has 2 fully saturated rings. The number of likely N-dealkylation sites (N-methyl/N-ethyl adjacent to an activating group) is 1. The van der Waals surface area contributed by atoms with Crippen LogP contribution >= 0.6 is 0 Å². The topological polar surface area (TPSA) is 138 Å². The van der Waals surface area contributed by atoms with Gasteiger partial charge in [-0.2, -0.15) is 0 Å². The number of rotatable bonds is 8. The van der Waals surface area contributed by atoms with Gasteiger partial charge in [-0.1, -0.05) is 0 Å². The van der Waals surface area contributed by atoms with Gasteiger partial charge in [-0.25, -0.2) is 19.2 Å². The molecule has 3 N–H and O–H groups in total. The molecule has 1 aromatic heterocycles. The van der Waals surface area contributed by atoms with Gasteiger partial charge in [0.05, 0.1) is 18.8 Å². The van der Waals surface area contributed by atoms with Crippen LogP contribution in [0.2, 0.25) is 0 Å². The van der Waals surface area contributed by atoms with Crippen molar-refractivity contribution in [3.63, 3.8) is 0 Å². The Morgan fingerprint density at radius 2 is 2.15 bits per heavy atom. The summed E-state index contributed by atoms with van der Waals surface area (Å²) in [5.74, 6) is 0.217. The number of carbonyl (C=O) groups is 3. The zero-order chi connectivity index (χ0) is 27.8. The van der Waals surface area contributed by atoms with Gasteiger partial charge in [0.25, 0.3) is 11.8 Å². The Kier molecular flexibility index (Phi) is 7.24. The molecule has 4 aliphatic rings. The molecule has 4 heterocycles. The van der Waals surface area contributed by atoms with Crippen LogP contribution in [-0.4, -0.2) is 84.8 Å². The molecule has 13 heteroatoms. The summed E-state index contributed by atoms with van der Waals surface area (Å²) in [6.07, 6.45) is 4.34. The number of aromatic nitrogens is 2. The Hall–Kier alpha value is -3.84. The van der Waals surface area contributed by atoms with Gasteiger partial charge >= 0.3 is 6.09 Å². The van der Waals surface area contributed by atoms with Gasteiger partial charge in [0.2, 0.25) is 5.91 Å². The van der Waals surface area contributed by atoms with Crippen molar-refractivity contribution in [1.29, 1.82) is 0 Å². The van der Waals surface area contributed by atoms with Gasteiger partial charge in [-0.05, 0) is 88.0 Å². The summed E-state index contributed by atoms with van der Waals surface area (Å²) in [6.45, 7) is 2.41. The van der Waals surface area contributed by atoms with Gasteiger partial charge in [-0.15, -0.1) is 0 Å². The lowest BCUT2D eigenvalue weighted by Crippen LogP contribution is -2.37. The minimum Gasteiger partial charge on any atom is -0.465 e. The summed E-state index contributed by atoms with van der Waals surface area (Å²) >= 11 is 0. The van der Waals surface area contributed by atoms with E-state index in [2.05, 4.69) is 25.9 Å². The maximum atomic E-state index is 14.9. The van der Waals surface area contributed by atoms with Gasteiger partial charge in [0, 0.05) is 5.69 Å². The molecule has 0 bridgehead atoms. The predicted octanol–water partition coefficient (Wildman–Crippen LogP) is 1.70. The molecule has 3 aliphatic heterocycles. The minimum atomic E-state index is -0.522. The Bertz CT molecular complexity index is 1340. The number of nitrogens with one attached hydrogen (secondary N) is 3. The van der Waals surface area contributed by atoms with E-state index in [-0.39, 0.29) is 59.8 Å². The van der Waals surface area contributed by atoms with Crippen LogP contribution in [0, 0.1) is 11.7 Å². The van der Waals surface area contributed by atoms with E-state index in [4.69, 9.17) is 9.47 Å². The number of amides is 3. The highest BCUT2D eigenvalue weighted by atomic mass is 19.1. The van der Waals surface area contributed by atoms with E-state index in [9.17, 15) is 18.8 Å². The van der Waals surface area contributed by atoms with Crippen LogP contribution in [0.25, 0.3) is 0 Å². The first-order valence-corrected chi connectivity index (χ1v) is 13.6. The first-order valence-electron chi connectivity index (χ1n) is 13.6. The third-order valence-electron chi connectivity index (χ3n) is 7.93. The number of likely N-dealkylation sites (tertiary alicyclic amines) is 1. The van der Waals surface area contributed by atoms with Crippen molar-refractivity contribution in [3.8, 4) is 5.88 Å². The number of fused-ring (bicyclic) bond motifs is 2. The van der Waals surface area contributed by atoms with Crippen LogP contribution in [0.1, 0.15) is 30.4 Å². The fourth-order valence-corrected chi connectivity index (χ4v) is 5.88. The maximum absolute atomic E-state index is 14.9. The predicted molar refractivity (Wildman–Crippen MR) is 143 cm³/mol. The summed E-state index contributed by atoms with van der Waals surface area (Å²) in [6, 6.07) is 3.16. The molecule has 1 aromatic carbocycles. The van der Waals surface area contributed by atoms with Crippen molar-refractivity contribution in [3.05, 3.63) is 35.3 Å². The first-order chi connectivity index (χ1) is 19.3. The van der Waals surface area contributed by atoms with Crippen LogP contribution in [0.5, 0.6) is 5.88 Å². The highest BCUT2D eigenvalue weighted by Crippen LogP contribution is 2.32. The molecule has 12 nitrogen and oxygen atoms in total. The zero-order valence-corrected chi connectivity index (χ0v) is 22.2. The number of hydrogen-bond donors (Lipinski definition) is 3. The van der Waals surface area contributed by atoms with Gasteiger partial charge < -0.3 is 25.4 Å². The number of nitrogens with zero attached hydrogens (tertiary/aromatic N) is 4. The van der Waals surface area contributed by atoms with Crippen LogP contribution < -0.4 is 25.6 Å². The number of ether oxygens (including phenoxy) is 2. The van der Waals surface area contributed by atoms with Crippen LogP contribution in [-0.2, 0) is 27.2 Å². The summed E-state index contributed by atoms with van der Waals surface area (Å²) in [5, 5.41) is 8.90. The first kappa shape index (κ1) is 26.4. The monoisotopic (exact) mass is 553 g/mol. The molecule has 3 amide bonds. The van der Waals surface area contributed by atoms with Gasteiger partial charge in [0.15, 0.2) is 18.2 Å². The minimum absolute atomic E-state index is 0.0822. The van der Waals surface area contributed by atoms with E-state index in [0.29, 0.717) is 38.2 Å². The van der Waals surface area contributed by atoms with E-state index in [1.165, 1.54) is 17.2 Å². The standard InChI is InChI=1S/C27H32FN7O5/c1-34-6-2-3-21(34)25(37)31-17-9-16-7-15(8-19(16)20(28)10-17)11-29-5-4-18-13-35(27(38)40-18)22-12-30-26-24(32-22)33-23(36)14-39-26/h9-10,12,15,18,21,29H,2-8,11,13-14H2,1H3,(H,31,37)(H,32,33,36)/t15?,18?,21-/m1/s1. The Morgan fingerprint density at radius 1 is 1.27 bits per heavy atom. The lowest BCUT2D eigenvalue weighted by atomic mass is 10.1. The van der Waals surface area contributed by atoms with Crippen molar-refractivity contribution in [1.82, 2.24) is 20.2 Å². The zero-order valence-electron chi connectivity index (χ0n) is 22.2. The van der Waals surface area contributed by atoms with Crippen molar-refractivity contribution >= 4 is 35.2 Å². The fourth-order valence-electron chi connectivity index (χ4n) is 5.88. The smallest absolute Gasteiger partial charge is 0.415 e.